The maximum atomic E-state index is 5.96. The lowest BCUT2D eigenvalue weighted by atomic mass is 10.1. The molecule has 4 saturated heterocycles. The summed E-state index contributed by atoms with van der Waals surface area (Å²) in [4.78, 5) is -0.958. The number of ether oxygens (including phenoxy) is 5. The van der Waals surface area contributed by atoms with Crippen LogP contribution in [0.2, 0.25) is 0 Å². The minimum Gasteiger partial charge on any atom is -0.368 e. The lowest BCUT2D eigenvalue weighted by molar-refractivity contribution is -0.328. The second-order valence-electron chi connectivity index (χ2n) is 5.22. The molecule has 1 aromatic rings. The maximum Gasteiger partial charge on any atom is 0.317 e. The summed E-state index contributed by atoms with van der Waals surface area (Å²) in [7, 11) is 0. The van der Waals surface area contributed by atoms with Gasteiger partial charge in [-0.25, -0.2) is 0 Å². The van der Waals surface area contributed by atoms with Gasteiger partial charge in [0, 0.05) is 0 Å². The van der Waals surface area contributed by atoms with Crippen LogP contribution >= 0.6 is 23.2 Å². The summed E-state index contributed by atoms with van der Waals surface area (Å²) in [6.07, 6.45) is -1.47. The number of hydrogen-bond acceptors (Lipinski definition) is 5. The zero-order chi connectivity index (χ0) is 14.4. The predicted octanol–water partition coefficient (Wildman–Crippen LogP) is 2.20. The Bertz CT molecular complexity index is 513. The van der Waals surface area contributed by atoms with E-state index in [2.05, 4.69) is 0 Å². The molecule has 5 nitrogen and oxygen atoms in total. The van der Waals surface area contributed by atoms with E-state index in [0.717, 1.165) is 5.56 Å². The first-order valence-corrected chi connectivity index (χ1v) is 7.64. The highest BCUT2D eigenvalue weighted by molar-refractivity contribution is 6.44. The van der Waals surface area contributed by atoms with Crippen LogP contribution in [0.25, 0.3) is 0 Å². The van der Waals surface area contributed by atoms with Crippen molar-refractivity contribution in [3.05, 3.63) is 35.9 Å². The van der Waals surface area contributed by atoms with Gasteiger partial charge in [0.25, 0.3) is 0 Å². The summed E-state index contributed by atoms with van der Waals surface area (Å²) >= 11 is 11.8. The zero-order valence-electron chi connectivity index (χ0n) is 11.0. The molecule has 0 radical (unpaired) electrons. The van der Waals surface area contributed by atoms with E-state index in [1.807, 2.05) is 30.3 Å². The number of fused-ring (bicyclic) bond motifs is 1. The number of halogens is 2. The summed E-state index contributed by atoms with van der Waals surface area (Å²) in [5.74, 6) is -1.45. The normalized spacial score (nSPS) is 40.9. The first-order valence-electron chi connectivity index (χ1n) is 6.77. The Kier molecular flexibility index (Phi) is 3.62. The third-order valence-electron chi connectivity index (χ3n) is 3.85. The lowest BCUT2D eigenvalue weighted by Crippen LogP contribution is -2.40. The molecule has 7 heteroatoms. The molecule has 0 saturated carbocycles. The lowest BCUT2D eigenvalue weighted by Gasteiger charge is -2.26. The van der Waals surface area contributed by atoms with Crippen LogP contribution in [0.1, 0.15) is 5.56 Å². The molecule has 0 aromatic heterocycles. The molecule has 21 heavy (non-hydrogen) atoms. The number of rotatable bonds is 4. The van der Waals surface area contributed by atoms with Crippen molar-refractivity contribution in [2.75, 3.05) is 6.61 Å². The third kappa shape index (κ3) is 2.37. The van der Waals surface area contributed by atoms with E-state index in [-0.39, 0.29) is 24.9 Å². The molecule has 4 fully saturated rings. The molecule has 4 aliphatic rings. The van der Waals surface area contributed by atoms with Gasteiger partial charge in [-0.1, -0.05) is 53.5 Å². The zero-order valence-corrected chi connectivity index (χ0v) is 12.5. The van der Waals surface area contributed by atoms with E-state index < -0.39 is 17.1 Å². The summed E-state index contributed by atoms with van der Waals surface area (Å²) in [5.41, 5.74) is 1.08. The second kappa shape index (κ2) is 5.35. The first kappa shape index (κ1) is 14.2. The van der Waals surface area contributed by atoms with Crippen molar-refractivity contribution in [2.24, 2.45) is 0 Å². The minimum absolute atomic E-state index is 0.250. The maximum absolute atomic E-state index is 5.96. The van der Waals surface area contributed by atoms with Gasteiger partial charge < -0.3 is 18.9 Å². The first-order chi connectivity index (χ1) is 10.2. The van der Waals surface area contributed by atoms with Crippen LogP contribution in [0.3, 0.4) is 0 Å². The average Bonchev–Trinajstić information content (AvgIpc) is 2.83. The van der Waals surface area contributed by atoms with Gasteiger partial charge in [-0.05, 0) is 5.56 Å². The smallest absolute Gasteiger partial charge is 0.317 e. The topological polar surface area (TPSA) is 46.2 Å². The van der Waals surface area contributed by atoms with Gasteiger partial charge in [0.15, 0.2) is 11.1 Å². The third-order valence-corrected chi connectivity index (χ3v) is 4.38. The molecule has 0 spiro atoms. The fourth-order valence-corrected chi connectivity index (χ4v) is 3.16. The summed E-state index contributed by atoms with van der Waals surface area (Å²) in [6, 6.07) is 9.91. The quantitative estimate of drug-likeness (QED) is 0.791. The van der Waals surface area contributed by atoms with Gasteiger partial charge in [-0.15, -0.1) is 0 Å². The van der Waals surface area contributed by atoms with Crippen LogP contribution < -0.4 is 0 Å². The molecule has 4 bridgehead atoms. The summed E-state index contributed by atoms with van der Waals surface area (Å²) in [5, 5.41) is 0. The molecule has 0 aliphatic carbocycles. The Morgan fingerprint density at radius 1 is 1.24 bits per heavy atom. The van der Waals surface area contributed by atoms with E-state index in [1.165, 1.54) is 0 Å². The average molecular weight is 333 g/mol. The summed E-state index contributed by atoms with van der Waals surface area (Å²) < 4.78 is 28.6. The molecule has 114 valence electrons. The molecular weight excluding hydrogens is 319 g/mol. The van der Waals surface area contributed by atoms with Crippen molar-refractivity contribution < 1.29 is 23.7 Å². The van der Waals surface area contributed by atoms with Crippen molar-refractivity contribution in [3.8, 4) is 0 Å². The van der Waals surface area contributed by atoms with Gasteiger partial charge in [-0.2, -0.15) is 0 Å². The molecule has 0 unspecified atom stereocenters. The second-order valence-corrected chi connectivity index (χ2v) is 6.32. The van der Waals surface area contributed by atoms with E-state index in [9.17, 15) is 0 Å². The Hall–Kier alpha value is -0.400. The van der Waals surface area contributed by atoms with Crippen LogP contribution in [0.5, 0.6) is 0 Å². The highest BCUT2D eigenvalue weighted by Gasteiger charge is 2.65. The van der Waals surface area contributed by atoms with E-state index >= 15 is 0 Å². The van der Waals surface area contributed by atoms with Crippen molar-refractivity contribution in [2.45, 2.75) is 42.0 Å². The van der Waals surface area contributed by atoms with Crippen LogP contribution in [-0.4, -0.2) is 42.0 Å². The minimum atomic E-state index is -1.45. The van der Waals surface area contributed by atoms with Gasteiger partial charge >= 0.3 is 5.97 Å². The van der Waals surface area contributed by atoms with Crippen molar-refractivity contribution in [3.63, 3.8) is 0 Å². The predicted molar refractivity (Wildman–Crippen MR) is 73.8 cm³/mol. The molecular formula is C14H14Cl2O5. The standard InChI is InChI=1S/C14H14Cl2O5/c15-13(16)14-18-7-9-10(11(20-14)12(19-9)21-14)17-6-8-4-2-1-3-5-8/h1-5,9-13H,6-7H2/t9-,10-,11+,12+,14+/m1/s1. The Labute approximate surface area is 132 Å². The number of hydrogen-bond donors (Lipinski definition) is 0. The molecule has 5 atom stereocenters. The molecule has 1 aromatic carbocycles. The van der Waals surface area contributed by atoms with Crippen LogP contribution in [0.4, 0.5) is 0 Å². The van der Waals surface area contributed by atoms with Gasteiger partial charge in [0.2, 0.25) is 0 Å². The highest BCUT2D eigenvalue weighted by atomic mass is 35.5. The molecule has 5 rings (SSSR count). The largest absolute Gasteiger partial charge is 0.368 e. The molecule has 0 amide bonds. The summed E-state index contributed by atoms with van der Waals surface area (Å²) in [6.45, 7) is 0.735. The van der Waals surface area contributed by atoms with E-state index in [4.69, 9.17) is 46.9 Å². The van der Waals surface area contributed by atoms with Crippen LogP contribution in [-0.2, 0) is 30.3 Å². The molecule has 0 N–H and O–H groups in total. The number of benzene rings is 1. The van der Waals surface area contributed by atoms with Crippen LogP contribution in [0.15, 0.2) is 30.3 Å². The fourth-order valence-electron chi connectivity index (χ4n) is 2.83. The van der Waals surface area contributed by atoms with Gasteiger partial charge in [0.05, 0.1) is 13.2 Å². The van der Waals surface area contributed by atoms with Gasteiger partial charge in [0.1, 0.15) is 18.3 Å². The van der Waals surface area contributed by atoms with Gasteiger partial charge in [-0.3, -0.25) is 4.74 Å². The molecule has 4 heterocycles. The Morgan fingerprint density at radius 2 is 2.05 bits per heavy atom. The Balaban J connectivity index is 1.49. The van der Waals surface area contributed by atoms with E-state index in [0.29, 0.717) is 6.61 Å². The SMILES string of the molecule is ClC(Cl)[C@@]12OC[C@H]3O[C@@H](O1)[C@@H](O2)[C@@H]3OCc1ccccc1. The highest BCUT2D eigenvalue weighted by Crippen LogP contribution is 2.47. The fraction of sp³-hybridized carbons (Fsp3) is 0.571. The van der Waals surface area contributed by atoms with E-state index in [1.54, 1.807) is 0 Å². The van der Waals surface area contributed by atoms with Crippen LogP contribution in [0, 0.1) is 0 Å². The van der Waals surface area contributed by atoms with Crippen molar-refractivity contribution in [1.29, 1.82) is 0 Å². The Morgan fingerprint density at radius 3 is 2.81 bits per heavy atom. The molecule has 4 aliphatic heterocycles. The van der Waals surface area contributed by atoms with Crippen molar-refractivity contribution in [1.82, 2.24) is 0 Å². The number of alkyl halides is 2. The van der Waals surface area contributed by atoms with Crippen molar-refractivity contribution >= 4 is 23.2 Å². The monoisotopic (exact) mass is 332 g/mol.